The predicted molar refractivity (Wildman–Crippen MR) is 148 cm³/mol. The third-order valence-electron chi connectivity index (χ3n) is 7.81. The molecular formula is C25H34N6OS2. The van der Waals surface area contributed by atoms with Gasteiger partial charge in [0.1, 0.15) is 0 Å². The molecule has 0 radical (unpaired) electrons. The molecule has 2 aliphatic rings. The number of piperidine rings is 1. The van der Waals surface area contributed by atoms with E-state index >= 15 is 0 Å². The standard InChI is InChI=1S/C25H30N6O.2H2S/c1-16-21(20-14-18-6-4-5-7-19(18)29(20)3)23-27-10-13-31(23)24(28-16)30-11-8-25(9-12-30)15-32-17(2)22(25)26;;/h4-7,10,13-14,17,22H,8-9,11-12,15,26H2,1-3H3;2*1H2/t17-,22+;;/m0../s1. The number of ether oxygens (including phenoxy) is 1. The van der Waals surface area contributed by atoms with Crippen LogP contribution in [-0.4, -0.2) is 50.8 Å². The van der Waals surface area contributed by atoms with Gasteiger partial charge in [0.25, 0.3) is 0 Å². The van der Waals surface area contributed by atoms with Gasteiger partial charge in [-0.25, -0.2) is 9.97 Å². The lowest BCUT2D eigenvalue weighted by atomic mass is 9.73. The summed E-state index contributed by atoms with van der Waals surface area (Å²) in [6, 6.07) is 10.8. The minimum absolute atomic E-state index is 0. The van der Waals surface area contributed by atoms with Gasteiger partial charge in [-0.05, 0) is 38.8 Å². The van der Waals surface area contributed by atoms with E-state index in [1.165, 1.54) is 10.9 Å². The fraction of sp³-hybridized carbons (Fsp3) is 0.440. The number of fused-ring (bicyclic) bond motifs is 2. The Bertz CT molecular complexity index is 1320. The van der Waals surface area contributed by atoms with Gasteiger partial charge in [-0.2, -0.15) is 27.0 Å². The SMILES string of the molecule is Cc1nc(N2CCC3(CC2)CO[C@@H](C)[C@H]3N)n2ccnc2c1-c1cc2ccccc2n1C.S.S. The number of hydrogen-bond acceptors (Lipinski definition) is 5. The van der Waals surface area contributed by atoms with Gasteiger partial charge in [0.2, 0.25) is 5.95 Å². The summed E-state index contributed by atoms with van der Waals surface area (Å²) in [5, 5.41) is 1.23. The fourth-order valence-corrected chi connectivity index (χ4v) is 5.75. The monoisotopic (exact) mass is 498 g/mol. The first-order chi connectivity index (χ1) is 15.5. The molecule has 7 nitrogen and oxygen atoms in total. The highest BCUT2D eigenvalue weighted by atomic mass is 32.1. The molecule has 2 aliphatic heterocycles. The van der Waals surface area contributed by atoms with E-state index < -0.39 is 0 Å². The van der Waals surface area contributed by atoms with E-state index in [1.54, 1.807) is 0 Å². The lowest BCUT2D eigenvalue weighted by molar-refractivity contribution is 0.0973. The van der Waals surface area contributed by atoms with E-state index in [0.29, 0.717) is 0 Å². The van der Waals surface area contributed by atoms with E-state index in [0.717, 1.165) is 61.1 Å². The summed E-state index contributed by atoms with van der Waals surface area (Å²) in [7, 11) is 2.11. The summed E-state index contributed by atoms with van der Waals surface area (Å²) in [5.74, 6) is 0.966. The molecule has 34 heavy (non-hydrogen) atoms. The van der Waals surface area contributed by atoms with Gasteiger partial charge in [0.05, 0.1) is 29.7 Å². The van der Waals surface area contributed by atoms with Crippen molar-refractivity contribution in [3.63, 3.8) is 0 Å². The van der Waals surface area contributed by atoms with Crippen molar-refractivity contribution >= 4 is 49.5 Å². The molecule has 9 heteroatoms. The van der Waals surface area contributed by atoms with Crippen LogP contribution in [0.4, 0.5) is 5.95 Å². The smallest absolute Gasteiger partial charge is 0.211 e. The Hall–Kier alpha value is -2.20. The van der Waals surface area contributed by atoms with Crippen molar-refractivity contribution in [1.82, 2.24) is 18.9 Å². The summed E-state index contributed by atoms with van der Waals surface area (Å²) in [5.41, 5.74) is 12.0. The van der Waals surface area contributed by atoms with Crippen LogP contribution in [0.15, 0.2) is 42.7 Å². The van der Waals surface area contributed by atoms with Crippen LogP contribution in [0.1, 0.15) is 25.5 Å². The first-order valence-electron chi connectivity index (χ1n) is 11.5. The van der Waals surface area contributed by atoms with Gasteiger partial charge in [0, 0.05) is 54.9 Å². The second-order valence-electron chi connectivity index (χ2n) is 9.53. The number of para-hydroxylation sites is 1. The maximum atomic E-state index is 6.52. The molecule has 2 fully saturated rings. The lowest BCUT2D eigenvalue weighted by Crippen LogP contribution is -2.51. The topological polar surface area (TPSA) is 73.6 Å². The summed E-state index contributed by atoms with van der Waals surface area (Å²) in [4.78, 5) is 12.2. The number of hydrogen-bond donors (Lipinski definition) is 1. The number of aryl methyl sites for hydroxylation is 2. The van der Waals surface area contributed by atoms with Crippen LogP contribution < -0.4 is 10.6 Å². The third kappa shape index (κ3) is 3.61. The highest BCUT2D eigenvalue weighted by Crippen LogP contribution is 2.42. The van der Waals surface area contributed by atoms with E-state index in [4.69, 9.17) is 20.4 Å². The van der Waals surface area contributed by atoms with E-state index in [9.17, 15) is 0 Å². The van der Waals surface area contributed by atoms with Gasteiger partial charge in [-0.1, -0.05) is 18.2 Å². The van der Waals surface area contributed by atoms with Crippen LogP contribution in [0.3, 0.4) is 0 Å². The summed E-state index contributed by atoms with van der Waals surface area (Å²) in [6.45, 7) is 6.82. The Labute approximate surface area is 214 Å². The minimum atomic E-state index is 0. The predicted octanol–water partition coefficient (Wildman–Crippen LogP) is 3.75. The van der Waals surface area contributed by atoms with Gasteiger partial charge in [0.15, 0.2) is 5.65 Å². The molecule has 2 saturated heterocycles. The average Bonchev–Trinajstić information content (AvgIpc) is 3.49. The molecular weight excluding hydrogens is 464 g/mol. The van der Waals surface area contributed by atoms with Gasteiger partial charge >= 0.3 is 0 Å². The van der Waals surface area contributed by atoms with Crippen molar-refractivity contribution in [1.29, 1.82) is 0 Å². The lowest BCUT2D eigenvalue weighted by Gasteiger charge is -2.41. The van der Waals surface area contributed by atoms with Crippen molar-refractivity contribution < 1.29 is 4.74 Å². The van der Waals surface area contributed by atoms with Crippen LogP contribution >= 0.6 is 27.0 Å². The van der Waals surface area contributed by atoms with Gasteiger partial charge in [-0.15, -0.1) is 0 Å². The number of benzene rings is 1. The summed E-state index contributed by atoms with van der Waals surface area (Å²) < 4.78 is 10.3. The van der Waals surface area contributed by atoms with Gasteiger partial charge < -0.3 is 19.9 Å². The highest BCUT2D eigenvalue weighted by molar-refractivity contribution is 7.59. The van der Waals surface area contributed by atoms with Crippen LogP contribution in [0.25, 0.3) is 27.8 Å². The average molecular weight is 499 g/mol. The Morgan fingerprint density at radius 3 is 2.56 bits per heavy atom. The number of imidazole rings is 1. The van der Waals surface area contributed by atoms with Crippen molar-refractivity contribution in [2.45, 2.75) is 38.8 Å². The largest absolute Gasteiger partial charge is 0.376 e. The summed E-state index contributed by atoms with van der Waals surface area (Å²) >= 11 is 0. The van der Waals surface area contributed by atoms with E-state index in [2.05, 4.69) is 65.1 Å². The molecule has 1 spiro atoms. The minimum Gasteiger partial charge on any atom is -0.376 e. The molecule has 1 aromatic carbocycles. The molecule has 182 valence electrons. The summed E-state index contributed by atoms with van der Waals surface area (Å²) in [6.07, 6.45) is 6.10. The molecule has 4 aromatic rings. The highest BCUT2D eigenvalue weighted by Gasteiger charge is 2.47. The number of anilines is 1. The van der Waals surface area contributed by atoms with Crippen LogP contribution in [0, 0.1) is 12.3 Å². The first-order valence-corrected chi connectivity index (χ1v) is 11.5. The Balaban J connectivity index is 0.00000137. The van der Waals surface area contributed by atoms with Crippen molar-refractivity contribution in [3.05, 3.63) is 48.4 Å². The zero-order valence-corrected chi connectivity index (χ0v) is 22.0. The zero-order chi connectivity index (χ0) is 22.0. The van der Waals surface area contributed by atoms with Crippen molar-refractivity contribution in [2.24, 2.45) is 18.2 Å². The molecule has 0 unspecified atom stereocenters. The number of nitrogens with zero attached hydrogens (tertiary/aromatic N) is 5. The van der Waals surface area contributed by atoms with Crippen LogP contribution in [-0.2, 0) is 11.8 Å². The first kappa shape index (κ1) is 24.9. The Morgan fingerprint density at radius 2 is 1.88 bits per heavy atom. The zero-order valence-electron chi connectivity index (χ0n) is 20.0. The molecule has 6 rings (SSSR count). The molecule has 3 aromatic heterocycles. The number of aromatic nitrogens is 4. The van der Waals surface area contributed by atoms with Crippen molar-refractivity contribution in [3.8, 4) is 11.3 Å². The normalized spacial score (nSPS) is 21.7. The molecule has 5 heterocycles. The number of rotatable bonds is 2. The molecule has 0 amide bonds. The van der Waals surface area contributed by atoms with Crippen LogP contribution in [0.2, 0.25) is 0 Å². The maximum Gasteiger partial charge on any atom is 0.211 e. The molecule has 0 bridgehead atoms. The molecule has 2 atom stereocenters. The van der Waals surface area contributed by atoms with E-state index in [-0.39, 0.29) is 44.6 Å². The molecule has 2 N–H and O–H groups in total. The maximum absolute atomic E-state index is 6.52. The third-order valence-corrected chi connectivity index (χ3v) is 7.81. The Kier molecular flexibility index (Phi) is 6.67. The molecule has 0 saturated carbocycles. The second kappa shape index (κ2) is 9.11. The van der Waals surface area contributed by atoms with E-state index in [1.807, 2.05) is 12.4 Å². The van der Waals surface area contributed by atoms with Crippen molar-refractivity contribution in [2.75, 3.05) is 24.6 Å². The van der Waals surface area contributed by atoms with Crippen LogP contribution in [0.5, 0.6) is 0 Å². The molecule has 0 aliphatic carbocycles. The second-order valence-corrected chi connectivity index (χ2v) is 9.53. The Morgan fingerprint density at radius 1 is 1.15 bits per heavy atom. The number of nitrogens with two attached hydrogens (primary N) is 1. The fourth-order valence-electron chi connectivity index (χ4n) is 5.75. The quantitative estimate of drug-likeness (QED) is 0.456. The van der Waals surface area contributed by atoms with Gasteiger partial charge in [-0.3, -0.25) is 4.40 Å².